The Kier molecular flexibility index (Phi) is 4.17. The highest BCUT2D eigenvalue weighted by atomic mass is 15.4. The molecule has 126 valence electrons. The number of piperazine rings is 3. The maximum Gasteiger partial charge on any atom is 0.191 e. The number of hydrogen-bond acceptors (Lipinski definition) is 5. The lowest BCUT2D eigenvalue weighted by molar-refractivity contribution is 0.0154. The van der Waals surface area contributed by atoms with Crippen LogP contribution >= 0.6 is 0 Å². The van der Waals surface area contributed by atoms with E-state index in [-0.39, 0.29) is 0 Å². The van der Waals surface area contributed by atoms with Gasteiger partial charge in [-0.1, -0.05) is 0 Å². The van der Waals surface area contributed by atoms with Crippen molar-refractivity contribution < 1.29 is 0 Å². The monoisotopic (exact) mass is 318 g/mol. The van der Waals surface area contributed by atoms with Crippen LogP contribution in [0, 0.1) is 0 Å². The van der Waals surface area contributed by atoms with Gasteiger partial charge in [-0.3, -0.25) is 14.8 Å². The molecule has 0 spiro atoms. The first-order chi connectivity index (χ1) is 11.3. The minimum absolute atomic E-state index is 0.363. The third-order valence-corrected chi connectivity index (χ3v) is 5.27. The fraction of sp³-hybridized carbons (Fsp3) is 0.800. The van der Waals surface area contributed by atoms with Crippen molar-refractivity contribution in [3.8, 4) is 0 Å². The van der Waals surface area contributed by atoms with Gasteiger partial charge in [-0.25, -0.2) is 9.67 Å². The Balaban J connectivity index is 1.28. The molecule has 2 bridgehead atoms. The van der Waals surface area contributed by atoms with Crippen LogP contribution in [0.15, 0.2) is 11.3 Å². The summed E-state index contributed by atoms with van der Waals surface area (Å²) in [4.78, 5) is 13.8. The zero-order chi connectivity index (χ0) is 15.6. The van der Waals surface area contributed by atoms with Gasteiger partial charge in [0.15, 0.2) is 5.96 Å². The maximum absolute atomic E-state index is 4.39. The molecule has 0 saturated carbocycles. The number of hydrogen-bond donors (Lipinski definition) is 2. The van der Waals surface area contributed by atoms with E-state index in [9.17, 15) is 0 Å². The summed E-state index contributed by atoms with van der Waals surface area (Å²) in [5.41, 5.74) is 0. The molecule has 4 aliphatic heterocycles. The SMILES string of the molecule is CN=C(NCC1CN2CCN1CC2)NC1CCc2ncnn2C1. The number of nitrogens with zero attached hydrogens (tertiary/aromatic N) is 6. The van der Waals surface area contributed by atoms with Gasteiger partial charge in [0.2, 0.25) is 0 Å². The molecule has 3 fully saturated rings. The van der Waals surface area contributed by atoms with Gasteiger partial charge in [0.05, 0.1) is 6.54 Å². The van der Waals surface area contributed by atoms with Crippen LogP contribution in [0.4, 0.5) is 0 Å². The maximum atomic E-state index is 4.39. The van der Waals surface area contributed by atoms with Crippen molar-refractivity contribution in [1.29, 1.82) is 0 Å². The first-order valence-corrected chi connectivity index (χ1v) is 8.62. The fourth-order valence-corrected chi connectivity index (χ4v) is 3.88. The first-order valence-electron chi connectivity index (χ1n) is 8.62. The van der Waals surface area contributed by atoms with Crippen molar-refractivity contribution in [3.05, 3.63) is 12.2 Å². The second kappa shape index (κ2) is 6.45. The molecule has 2 unspecified atom stereocenters. The van der Waals surface area contributed by atoms with Gasteiger partial charge in [-0.2, -0.15) is 5.10 Å². The highest BCUT2D eigenvalue weighted by Crippen LogP contribution is 2.15. The van der Waals surface area contributed by atoms with Gasteiger partial charge in [-0.05, 0) is 6.42 Å². The zero-order valence-electron chi connectivity index (χ0n) is 13.8. The Hall–Kier alpha value is -1.67. The molecule has 4 aliphatic rings. The molecule has 8 heteroatoms. The van der Waals surface area contributed by atoms with E-state index in [1.54, 1.807) is 6.33 Å². The highest BCUT2D eigenvalue weighted by Gasteiger charge is 2.31. The summed E-state index contributed by atoms with van der Waals surface area (Å²) in [7, 11) is 1.84. The van der Waals surface area contributed by atoms with E-state index in [4.69, 9.17) is 0 Å². The van der Waals surface area contributed by atoms with Gasteiger partial charge in [0.1, 0.15) is 12.2 Å². The normalized spacial score (nSPS) is 33.3. The topological polar surface area (TPSA) is 73.6 Å². The van der Waals surface area contributed by atoms with Crippen molar-refractivity contribution in [3.63, 3.8) is 0 Å². The number of aryl methyl sites for hydroxylation is 1. The van der Waals surface area contributed by atoms with Crippen LogP contribution in [0.3, 0.4) is 0 Å². The molecule has 0 aromatic carbocycles. The zero-order valence-corrected chi connectivity index (χ0v) is 13.8. The van der Waals surface area contributed by atoms with Crippen LogP contribution in [0.2, 0.25) is 0 Å². The van der Waals surface area contributed by atoms with Gasteiger partial charge >= 0.3 is 0 Å². The third-order valence-electron chi connectivity index (χ3n) is 5.27. The number of rotatable bonds is 3. The lowest BCUT2D eigenvalue weighted by Crippen LogP contribution is -2.64. The Labute approximate surface area is 136 Å². The Morgan fingerprint density at radius 1 is 1.30 bits per heavy atom. The van der Waals surface area contributed by atoms with E-state index in [0.29, 0.717) is 12.1 Å². The summed E-state index contributed by atoms with van der Waals surface area (Å²) in [6.45, 7) is 7.86. The first kappa shape index (κ1) is 14.9. The molecule has 0 radical (unpaired) electrons. The summed E-state index contributed by atoms with van der Waals surface area (Å²) in [5, 5.41) is 11.3. The van der Waals surface area contributed by atoms with E-state index < -0.39 is 0 Å². The number of aliphatic imine (C=N–C) groups is 1. The molecular weight excluding hydrogens is 292 g/mol. The molecule has 2 atom stereocenters. The summed E-state index contributed by atoms with van der Waals surface area (Å²) < 4.78 is 1.99. The van der Waals surface area contributed by atoms with Crippen LogP contribution < -0.4 is 10.6 Å². The lowest BCUT2D eigenvalue weighted by atomic mass is 10.1. The number of fused-ring (bicyclic) bond motifs is 4. The summed E-state index contributed by atoms with van der Waals surface area (Å²) in [6.07, 6.45) is 3.69. The second-order valence-corrected chi connectivity index (χ2v) is 6.68. The van der Waals surface area contributed by atoms with Crippen molar-refractivity contribution in [2.24, 2.45) is 4.99 Å². The number of aromatic nitrogens is 3. The number of guanidine groups is 1. The van der Waals surface area contributed by atoms with Gasteiger partial charge in [0.25, 0.3) is 0 Å². The van der Waals surface area contributed by atoms with Crippen molar-refractivity contribution in [2.75, 3.05) is 46.3 Å². The molecule has 2 N–H and O–H groups in total. The molecule has 8 nitrogen and oxygen atoms in total. The van der Waals surface area contributed by atoms with E-state index in [1.165, 1.54) is 32.7 Å². The fourth-order valence-electron chi connectivity index (χ4n) is 3.88. The average molecular weight is 318 g/mol. The third kappa shape index (κ3) is 3.18. The minimum atomic E-state index is 0.363. The molecule has 5 heterocycles. The Morgan fingerprint density at radius 3 is 2.91 bits per heavy atom. The van der Waals surface area contributed by atoms with E-state index in [1.807, 2.05) is 11.7 Å². The lowest BCUT2D eigenvalue weighted by Gasteiger charge is -2.47. The Morgan fingerprint density at radius 2 is 2.17 bits per heavy atom. The van der Waals surface area contributed by atoms with Crippen molar-refractivity contribution in [2.45, 2.75) is 31.5 Å². The van der Waals surface area contributed by atoms with Crippen LogP contribution in [-0.2, 0) is 13.0 Å². The molecule has 0 aliphatic carbocycles. The highest BCUT2D eigenvalue weighted by molar-refractivity contribution is 5.80. The average Bonchev–Trinajstić information content (AvgIpc) is 3.07. The largest absolute Gasteiger partial charge is 0.355 e. The predicted octanol–water partition coefficient (Wildman–Crippen LogP) is -1.24. The molecule has 1 aromatic heterocycles. The van der Waals surface area contributed by atoms with E-state index in [2.05, 4.69) is 35.5 Å². The summed E-state index contributed by atoms with van der Waals surface area (Å²) in [6, 6.07) is 0.964. The standard InChI is InChI=1S/C15H26N8/c1-16-15(17-8-13-10-21-4-6-22(13)7-5-21)20-12-2-3-14-18-11-19-23(14)9-12/h11-13H,2-10H2,1H3,(H2,16,17,20). The quantitative estimate of drug-likeness (QED) is 0.536. The van der Waals surface area contributed by atoms with E-state index >= 15 is 0 Å². The van der Waals surface area contributed by atoms with Gasteiger partial charge in [0, 0.05) is 64.8 Å². The molecule has 23 heavy (non-hydrogen) atoms. The van der Waals surface area contributed by atoms with Crippen LogP contribution in [0.1, 0.15) is 12.2 Å². The molecule has 0 amide bonds. The van der Waals surface area contributed by atoms with E-state index in [0.717, 1.165) is 37.7 Å². The van der Waals surface area contributed by atoms with Crippen molar-refractivity contribution >= 4 is 5.96 Å². The summed E-state index contributed by atoms with van der Waals surface area (Å²) >= 11 is 0. The van der Waals surface area contributed by atoms with Crippen molar-refractivity contribution in [1.82, 2.24) is 35.2 Å². The predicted molar refractivity (Wildman–Crippen MR) is 88.4 cm³/mol. The molecule has 3 saturated heterocycles. The second-order valence-electron chi connectivity index (χ2n) is 6.68. The molecular formula is C15H26N8. The van der Waals surface area contributed by atoms with Crippen LogP contribution in [0.25, 0.3) is 0 Å². The van der Waals surface area contributed by atoms with Crippen LogP contribution in [0.5, 0.6) is 0 Å². The molecule has 1 aromatic rings. The van der Waals surface area contributed by atoms with Crippen LogP contribution in [-0.4, -0.2) is 88.9 Å². The number of nitrogens with one attached hydrogen (secondary N) is 2. The van der Waals surface area contributed by atoms with Gasteiger partial charge in [-0.15, -0.1) is 0 Å². The smallest absolute Gasteiger partial charge is 0.191 e. The molecule has 5 rings (SSSR count). The summed E-state index contributed by atoms with van der Waals surface area (Å²) in [5.74, 6) is 1.99. The Bertz CT molecular complexity index is 560. The van der Waals surface area contributed by atoms with Gasteiger partial charge < -0.3 is 10.6 Å². The minimum Gasteiger partial charge on any atom is -0.355 e.